The molecule has 1 heterocycles. The SMILES string of the molecule is CN(CCC(=O)OC(C)(C)C)CCN1CCCC1. The van der Waals surface area contributed by atoms with E-state index in [4.69, 9.17) is 4.74 Å². The Morgan fingerprint density at radius 1 is 1.22 bits per heavy atom. The summed E-state index contributed by atoms with van der Waals surface area (Å²) in [6, 6.07) is 0. The average Bonchev–Trinajstić information content (AvgIpc) is 2.74. The van der Waals surface area contributed by atoms with Gasteiger partial charge in [0.25, 0.3) is 0 Å². The van der Waals surface area contributed by atoms with E-state index < -0.39 is 0 Å². The molecule has 4 nitrogen and oxygen atoms in total. The van der Waals surface area contributed by atoms with Gasteiger partial charge in [-0.25, -0.2) is 0 Å². The Kier molecular flexibility index (Phi) is 6.09. The molecular weight excluding hydrogens is 228 g/mol. The predicted octanol–water partition coefficient (Wildman–Crippen LogP) is 1.75. The fourth-order valence-corrected chi connectivity index (χ4v) is 2.10. The minimum atomic E-state index is -0.370. The van der Waals surface area contributed by atoms with Crippen LogP contribution in [0.4, 0.5) is 0 Å². The van der Waals surface area contributed by atoms with E-state index in [1.54, 1.807) is 0 Å². The van der Waals surface area contributed by atoms with E-state index in [9.17, 15) is 4.79 Å². The Balaban J connectivity index is 2.08. The Morgan fingerprint density at radius 2 is 1.83 bits per heavy atom. The molecule has 0 amide bonds. The van der Waals surface area contributed by atoms with Gasteiger partial charge in [-0.2, -0.15) is 0 Å². The second-order valence-corrected chi connectivity index (χ2v) is 6.19. The van der Waals surface area contributed by atoms with Gasteiger partial charge in [-0.1, -0.05) is 0 Å². The van der Waals surface area contributed by atoms with Gasteiger partial charge < -0.3 is 14.5 Å². The van der Waals surface area contributed by atoms with Gasteiger partial charge in [0.2, 0.25) is 0 Å². The maximum atomic E-state index is 11.6. The fraction of sp³-hybridized carbons (Fsp3) is 0.929. The van der Waals surface area contributed by atoms with Crippen LogP contribution < -0.4 is 0 Å². The number of rotatable bonds is 6. The maximum Gasteiger partial charge on any atom is 0.307 e. The van der Waals surface area contributed by atoms with Crippen molar-refractivity contribution in [3.05, 3.63) is 0 Å². The number of carbonyl (C=O) groups is 1. The summed E-state index contributed by atoms with van der Waals surface area (Å²) in [5.41, 5.74) is -0.370. The fourth-order valence-electron chi connectivity index (χ4n) is 2.10. The molecule has 106 valence electrons. The summed E-state index contributed by atoms with van der Waals surface area (Å²) < 4.78 is 5.29. The van der Waals surface area contributed by atoms with E-state index in [1.807, 2.05) is 20.8 Å². The average molecular weight is 256 g/mol. The van der Waals surface area contributed by atoms with Crippen LogP contribution in [0.25, 0.3) is 0 Å². The van der Waals surface area contributed by atoms with Crippen LogP contribution in [-0.4, -0.2) is 61.1 Å². The molecule has 0 atom stereocenters. The molecule has 4 heteroatoms. The van der Waals surface area contributed by atoms with Crippen LogP contribution in [0.2, 0.25) is 0 Å². The summed E-state index contributed by atoms with van der Waals surface area (Å²) in [4.78, 5) is 16.3. The van der Waals surface area contributed by atoms with E-state index in [1.165, 1.54) is 25.9 Å². The highest BCUT2D eigenvalue weighted by Crippen LogP contribution is 2.09. The van der Waals surface area contributed by atoms with Crippen LogP contribution in [0.15, 0.2) is 0 Å². The van der Waals surface area contributed by atoms with Crippen LogP contribution in [0.3, 0.4) is 0 Å². The number of nitrogens with zero attached hydrogens (tertiary/aromatic N) is 2. The molecule has 1 saturated heterocycles. The largest absolute Gasteiger partial charge is 0.460 e. The van der Waals surface area contributed by atoms with Crippen LogP contribution in [0, 0.1) is 0 Å². The molecule has 0 radical (unpaired) electrons. The monoisotopic (exact) mass is 256 g/mol. The molecule has 18 heavy (non-hydrogen) atoms. The van der Waals surface area contributed by atoms with Gasteiger partial charge in [-0.3, -0.25) is 4.79 Å². The topological polar surface area (TPSA) is 32.8 Å². The summed E-state index contributed by atoms with van der Waals surface area (Å²) in [6.07, 6.45) is 3.15. The third-order valence-electron chi connectivity index (χ3n) is 3.11. The van der Waals surface area contributed by atoms with Gasteiger partial charge in [0.1, 0.15) is 5.60 Å². The molecule has 1 aliphatic heterocycles. The lowest BCUT2D eigenvalue weighted by atomic mass is 10.2. The second-order valence-electron chi connectivity index (χ2n) is 6.19. The van der Waals surface area contributed by atoms with E-state index in [0.29, 0.717) is 6.42 Å². The first kappa shape index (κ1) is 15.4. The third-order valence-corrected chi connectivity index (χ3v) is 3.11. The smallest absolute Gasteiger partial charge is 0.307 e. The molecule has 0 saturated carbocycles. The molecular formula is C14H28N2O2. The highest BCUT2D eigenvalue weighted by atomic mass is 16.6. The van der Waals surface area contributed by atoms with Crippen molar-refractivity contribution >= 4 is 5.97 Å². The Bertz CT molecular complexity index is 255. The Hall–Kier alpha value is -0.610. The first-order valence-electron chi connectivity index (χ1n) is 6.99. The van der Waals surface area contributed by atoms with E-state index >= 15 is 0 Å². The number of esters is 1. The number of ether oxygens (including phenoxy) is 1. The van der Waals surface area contributed by atoms with Crippen LogP contribution >= 0.6 is 0 Å². The third kappa shape index (κ3) is 6.97. The number of likely N-dealkylation sites (N-methyl/N-ethyl adjacent to an activating group) is 1. The van der Waals surface area contributed by atoms with Crippen molar-refractivity contribution in [2.24, 2.45) is 0 Å². The summed E-state index contributed by atoms with van der Waals surface area (Å²) in [5, 5.41) is 0. The second kappa shape index (κ2) is 7.10. The summed E-state index contributed by atoms with van der Waals surface area (Å²) in [6.45, 7) is 11.1. The predicted molar refractivity (Wildman–Crippen MR) is 73.6 cm³/mol. The first-order chi connectivity index (χ1) is 8.37. The quantitative estimate of drug-likeness (QED) is 0.678. The maximum absolute atomic E-state index is 11.6. The van der Waals surface area contributed by atoms with Crippen molar-refractivity contribution in [1.82, 2.24) is 9.80 Å². The van der Waals surface area contributed by atoms with Gasteiger partial charge in [0, 0.05) is 19.6 Å². The normalized spacial score (nSPS) is 17.4. The van der Waals surface area contributed by atoms with Gasteiger partial charge in [-0.05, 0) is 53.8 Å². The minimum Gasteiger partial charge on any atom is -0.460 e. The molecule has 0 aliphatic carbocycles. The molecule has 1 fully saturated rings. The van der Waals surface area contributed by atoms with Gasteiger partial charge in [0.05, 0.1) is 6.42 Å². The molecule has 1 rings (SSSR count). The molecule has 1 aliphatic rings. The molecule has 0 N–H and O–H groups in total. The summed E-state index contributed by atoms with van der Waals surface area (Å²) in [5.74, 6) is -0.101. The van der Waals surface area contributed by atoms with Crippen molar-refractivity contribution in [3.8, 4) is 0 Å². The molecule has 0 bridgehead atoms. The van der Waals surface area contributed by atoms with Crippen molar-refractivity contribution in [3.63, 3.8) is 0 Å². The molecule has 0 aromatic heterocycles. The highest BCUT2D eigenvalue weighted by Gasteiger charge is 2.17. The summed E-state index contributed by atoms with van der Waals surface area (Å²) in [7, 11) is 2.07. The van der Waals surface area contributed by atoms with Crippen molar-refractivity contribution in [2.75, 3.05) is 39.8 Å². The Labute approximate surface area is 111 Å². The number of hydrogen-bond acceptors (Lipinski definition) is 4. The lowest BCUT2D eigenvalue weighted by Crippen LogP contribution is -2.33. The van der Waals surface area contributed by atoms with Crippen LogP contribution in [0.1, 0.15) is 40.0 Å². The van der Waals surface area contributed by atoms with Crippen molar-refractivity contribution in [2.45, 2.75) is 45.6 Å². The zero-order chi connectivity index (χ0) is 13.6. The van der Waals surface area contributed by atoms with E-state index in [2.05, 4.69) is 16.8 Å². The molecule has 0 spiro atoms. The van der Waals surface area contributed by atoms with E-state index in [0.717, 1.165) is 19.6 Å². The number of likely N-dealkylation sites (tertiary alicyclic amines) is 1. The molecule has 0 aromatic rings. The van der Waals surface area contributed by atoms with Gasteiger partial charge >= 0.3 is 5.97 Å². The van der Waals surface area contributed by atoms with Gasteiger partial charge in [-0.15, -0.1) is 0 Å². The number of carbonyl (C=O) groups excluding carboxylic acids is 1. The minimum absolute atomic E-state index is 0.101. The molecule has 0 aromatic carbocycles. The highest BCUT2D eigenvalue weighted by molar-refractivity contribution is 5.70. The van der Waals surface area contributed by atoms with Crippen LogP contribution in [-0.2, 0) is 9.53 Å². The van der Waals surface area contributed by atoms with Gasteiger partial charge in [0.15, 0.2) is 0 Å². The number of hydrogen-bond donors (Lipinski definition) is 0. The van der Waals surface area contributed by atoms with E-state index in [-0.39, 0.29) is 11.6 Å². The summed E-state index contributed by atoms with van der Waals surface area (Å²) >= 11 is 0. The zero-order valence-electron chi connectivity index (χ0n) is 12.4. The first-order valence-corrected chi connectivity index (χ1v) is 6.99. The van der Waals surface area contributed by atoms with Crippen LogP contribution in [0.5, 0.6) is 0 Å². The standard InChI is InChI=1S/C14H28N2O2/c1-14(2,3)18-13(17)7-10-15(4)11-12-16-8-5-6-9-16/h5-12H2,1-4H3. The lowest BCUT2D eigenvalue weighted by molar-refractivity contribution is -0.155. The van der Waals surface area contributed by atoms with Crippen molar-refractivity contribution in [1.29, 1.82) is 0 Å². The molecule has 0 unspecified atom stereocenters. The zero-order valence-corrected chi connectivity index (χ0v) is 12.4. The Morgan fingerprint density at radius 3 is 2.39 bits per heavy atom. The van der Waals surface area contributed by atoms with Crippen molar-refractivity contribution < 1.29 is 9.53 Å². The lowest BCUT2D eigenvalue weighted by Gasteiger charge is -2.23.